The Kier molecular flexibility index (Phi) is 4.42. The second-order valence-electron chi connectivity index (χ2n) is 4.90. The van der Waals surface area contributed by atoms with Crippen molar-refractivity contribution in [3.05, 3.63) is 59.9 Å². The second kappa shape index (κ2) is 6.26. The van der Waals surface area contributed by atoms with Crippen LogP contribution in [0.2, 0.25) is 0 Å². The third kappa shape index (κ3) is 3.72. The normalized spacial score (nSPS) is 11.8. The molecule has 0 aliphatic rings. The van der Waals surface area contributed by atoms with Crippen LogP contribution in [-0.2, 0) is 0 Å². The van der Waals surface area contributed by atoms with Gasteiger partial charge in [0.15, 0.2) is 0 Å². The van der Waals surface area contributed by atoms with Gasteiger partial charge in [-0.25, -0.2) is 9.18 Å². The number of halogens is 1. The van der Waals surface area contributed by atoms with Crippen molar-refractivity contribution in [3.63, 3.8) is 0 Å². The number of benzene rings is 2. The molecular weight excluding hydrogens is 269 g/mol. The molecule has 0 spiro atoms. The largest absolute Gasteiger partial charge is 0.399 e. The van der Waals surface area contributed by atoms with Gasteiger partial charge in [-0.15, -0.1) is 0 Å². The Labute approximate surface area is 123 Å². The van der Waals surface area contributed by atoms with Crippen LogP contribution in [0, 0.1) is 5.82 Å². The first-order valence-electron chi connectivity index (χ1n) is 6.62. The fourth-order valence-corrected chi connectivity index (χ4v) is 2.00. The number of carbonyl (C=O) groups is 1. The molecule has 0 fully saturated rings. The van der Waals surface area contributed by atoms with Crippen LogP contribution in [0.25, 0.3) is 0 Å². The summed E-state index contributed by atoms with van der Waals surface area (Å²) >= 11 is 0. The molecule has 0 saturated carbocycles. The van der Waals surface area contributed by atoms with E-state index in [0.717, 1.165) is 5.56 Å². The minimum Gasteiger partial charge on any atom is -0.399 e. The Balaban J connectivity index is 2.08. The molecule has 1 atom stereocenters. The Morgan fingerprint density at radius 2 is 1.95 bits per heavy atom. The summed E-state index contributed by atoms with van der Waals surface area (Å²) in [5.41, 5.74) is 7.76. The number of nitrogen functional groups attached to an aromatic ring is 1. The van der Waals surface area contributed by atoms with E-state index in [2.05, 4.69) is 5.32 Å². The van der Waals surface area contributed by atoms with E-state index in [1.165, 1.54) is 12.1 Å². The zero-order valence-corrected chi connectivity index (χ0v) is 12.0. The van der Waals surface area contributed by atoms with Crippen molar-refractivity contribution >= 4 is 17.4 Å². The van der Waals surface area contributed by atoms with Gasteiger partial charge in [0.05, 0.1) is 6.04 Å². The van der Waals surface area contributed by atoms with Gasteiger partial charge in [-0.2, -0.15) is 0 Å². The van der Waals surface area contributed by atoms with Crippen LogP contribution in [-0.4, -0.2) is 18.0 Å². The van der Waals surface area contributed by atoms with E-state index in [-0.39, 0.29) is 17.9 Å². The first-order chi connectivity index (χ1) is 9.97. The average Bonchev–Trinajstić information content (AvgIpc) is 2.45. The molecule has 0 aromatic heterocycles. The zero-order valence-electron chi connectivity index (χ0n) is 12.0. The van der Waals surface area contributed by atoms with E-state index >= 15 is 0 Å². The molecule has 0 aliphatic heterocycles. The standard InChI is InChI=1S/C16H18FN3O/c1-11(12-5-3-7-14(18)9-12)20(2)16(21)19-15-8-4-6-13(17)10-15/h3-11H,18H2,1-2H3,(H,19,21). The average molecular weight is 287 g/mol. The molecule has 21 heavy (non-hydrogen) atoms. The highest BCUT2D eigenvalue weighted by molar-refractivity contribution is 5.89. The van der Waals surface area contributed by atoms with E-state index in [4.69, 9.17) is 5.73 Å². The van der Waals surface area contributed by atoms with Crippen LogP contribution in [0.4, 0.5) is 20.6 Å². The topological polar surface area (TPSA) is 58.4 Å². The van der Waals surface area contributed by atoms with Gasteiger partial charge in [-0.05, 0) is 42.8 Å². The van der Waals surface area contributed by atoms with E-state index in [1.54, 1.807) is 30.1 Å². The summed E-state index contributed by atoms with van der Waals surface area (Å²) in [5, 5.41) is 2.66. The van der Waals surface area contributed by atoms with Gasteiger partial charge in [-0.1, -0.05) is 18.2 Å². The minimum atomic E-state index is -0.390. The van der Waals surface area contributed by atoms with Crippen molar-refractivity contribution in [2.24, 2.45) is 0 Å². The summed E-state index contributed by atoms with van der Waals surface area (Å²) in [4.78, 5) is 13.7. The van der Waals surface area contributed by atoms with Crippen molar-refractivity contribution in [3.8, 4) is 0 Å². The van der Waals surface area contributed by atoms with Gasteiger partial charge in [0.1, 0.15) is 5.82 Å². The number of hydrogen-bond acceptors (Lipinski definition) is 2. The lowest BCUT2D eigenvalue weighted by atomic mass is 10.1. The number of carbonyl (C=O) groups excluding carboxylic acids is 1. The summed E-state index contributed by atoms with van der Waals surface area (Å²) in [6, 6.07) is 12.7. The molecule has 2 aromatic carbocycles. The van der Waals surface area contributed by atoms with Crippen molar-refractivity contribution in [1.82, 2.24) is 4.90 Å². The van der Waals surface area contributed by atoms with Crippen LogP contribution in [0.15, 0.2) is 48.5 Å². The monoisotopic (exact) mass is 287 g/mol. The molecule has 0 saturated heterocycles. The summed E-state index contributed by atoms with van der Waals surface area (Å²) in [5.74, 6) is -0.390. The molecule has 0 radical (unpaired) electrons. The number of hydrogen-bond donors (Lipinski definition) is 2. The van der Waals surface area contributed by atoms with Crippen molar-refractivity contribution < 1.29 is 9.18 Å². The molecule has 3 N–H and O–H groups in total. The molecule has 5 heteroatoms. The maximum absolute atomic E-state index is 13.1. The quantitative estimate of drug-likeness (QED) is 0.847. The highest BCUT2D eigenvalue weighted by atomic mass is 19.1. The van der Waals surface area contributed by atoms with E-state index in [9.17, 15) is 9.18 Å². The van der Waals surface area contributed by atoms with Gasteiger partial charge in [0.2, 0.25) is 0 Å². The predicted molar refractivity (Wildman–Crippen MR) is 82.5 cm³/mol. The summed E-state index contributed by atoms with van der Waals surface area (Å²) in [6.07, 6.45) is 0. The lowest BCUT2D eigenvalue weighted by Gasteiger charge is -2.25. The number of nitrogens with two attached hydrogens (primary N) is 1. The van der Waals surface area contributed by atoms with Gasteiger partial charge in [-0.3, -0.25) is 0 Å². The SMILES string of the molecule is CC(c1cccc(N)c1)N(C)C(=O)Nc1cccc(F)c1. The van der Waals surface area contributed by atoms with Gasteiger partial charge < -0.3 is 16.0 Å². The molecule has 2 rings (SSSR count). The highest BCUT2D eigenvalue weighted by Gasteiger charge is 2.17. The first kappa shape index (κ1) is 14.8. The Morgan fingerprint density at radius 3 is 2.62 bits per heavy atom. The number of nitrogens with one attached hydrogen (secondary N) is 1. The Bertz CT molecular complexity index is 645. The van der Waals surface area contributed by atoms with Gasteiger partial charge in [0.25, 0.3) is 0 Å². The first-order valence-corrected chi connectivity index (χ1v) is 6.62. The summed E-state index contributed by atoms with van der Waals surface area (Å²) in [6.45, 7) is 1.90. The minimum absolute atomic E-state index is 0.151. The van der Waals surface area contributed by atoms with Crippen LogP contribution in [0.1, 0.15) is 18.5 Å². The number of amides is 2. The predicted octanol–water partition coefficient (Wildman–Crippen LogP) is 3.63. The van der Waals surface area contributed by atoms with Crippen molar-refractivity contribution in [2.45, 2.75) is 13.0 Å². The number of nitrogens with zero attached hydrogens (tertiary/aromatic N) is 1. The smallest absolute Gasteiger partial charge is 0.322 e. The Hall–Kier alpha value is -2.56. The summed E-state index contributed by atoms with van der Waals surface area (Å²) < 4.78 is 13.1. The fourth-order valence-electron chi connectivity index (χ4n) is 2.00. The highest BCUT2D eigenvalue weighted by Crippen LogP contribution is 2.21. The van der Waals surface area contributed by atoms with Gasteiger partial charge >= 0.3 is 6.03 Å². The third-order valence-electron chi connectivity index (χ3n) is 3.37. The van der Waals surface area contributed by atoms with E-state index in [1.807, 2.05) is 25.1 Å². The third-order valence-corrected chi connectivity index (χ3v) is 3.37. The molecule has 2 aromatic rings. The molecule has 0 heterocycles. The number of rotatable bonds is 3. The maximum Gasteiger partial charge on any atom is 0.322 e. The van der Waals surface area contributed by atoms with E-state index < -0.39 is 0 Å². The Morgan fingerprint density at radius 1 is 1.24 bits per heavy atom. The fraction of sp³-hybridized carbons (Fsp3) is 0.188. The summed E-state index contributed by atoms with van der Waals surface area (Å²) in [7, 11) is 1.68. The zero-order chi connectivity index (χ0) is 15.4. The van der Waals surface area contributed by atoms with Crippen LogP contribution < -0.4 is 11.1 Å². The van der Waals surface area contributed by atoms with Gasteiger partial charge in [0, 0.05) is 18.4 Å². The second-order valence-corrected chi connectivity index (χ2v) is 4.90. The molecule has 1 unspecified atom stereocenters. The lowest BCUT2D eigenvalue weighted by molar-refractivity contribution is 0.208. The lowest BCUT2D eigenvalue weighted by Crippen LogP contribution is -2.33. The van der Waals surface area contributed by atoms with Crippen molar-refractivity contribution in [1.29, 1.82) is 0 Å². The molecule has 2 amide bonds. The molecule has 0 aliphatic carbocycles. The molecule has 110 valence electrons. The van der Waals surface area contributed by atoms with Crippen LogP contribution in [0.5, 0.6) is 0 Å². The molecule has 4 nitrogen and oxygen atoms in total. The van der Waals surface area contributed by atoms with Crippen molar-refractivity contribution in [2.75, 3.05) is 18.1 Å². The molecular formula is C16H18FN3O. The van der Waals surface area contributed by atoms with Crippen LogP contribution in [0.3, 0.4) is 0 Å². The number of anilines is 2. The molecule has 0 bridgehead atoms. The maximum atomic E-state index is 13.1. The number of urea groups is 1. The van der Waals surface area contributed by atoms with Crippen LogP contribution >= 0.6 is 0 Å². The van der Waals surface area contributed by atoms with E-state index in [0.29, 0.717) is 11.4 Å².